The second kappa shape index (κ2) is 5.84. The van der Waals surface area contributed by atoms with E-state index in [0.29, 0.717) is 31.1 Å². The molecule has 1 N–H and O–H groups in total. The van der Waals surface area contributed by atoms with Crippen LogP contribution in [0.1, 0.15) is 23.2 Å². The van der Waals surface area contributed by atoms with Crippen LogP contribution >= 0.6 is 0 Å². The molecular weight excluding hydrogens is 260 g/mol. The summed E-state index contributed by atoms with van der Waals surface area (Å²) in [5.74, 6) is -0.391. The van der Waals surface area contributed by atoms with Crippen molar-refractivity contribution in [1.82, 2.24) is 10.2 Å². The van der Waals surface area contributed by atoms with Crippen molar-refractivity contribution in [2.75, 3.05) is 24.6 Å². The highest BCUT2D eigenvalue weighted by atomic mass is 16.5. The Bertz CT molecular complexity index is 567. The number of carboxylic acid groups (broad SMARTS) is 1. The van der Waals surface area contributed by atoms with E-state index in [1.807, 2.05) is 11.8 Å². The molecule has 7 nitrogen and oxygen atoms in total. The minimum absolute atomic E-state index is 0.0589. The number of hydrogen-bond acceptors (Lipinski definition) is 6. The van der Waals surface area contributed by atoms with E-state index in [1.54, 1.807) is 6.92 Å². The number of nitrogens with zero attached hydrogens (tertiary/aromatic N) is 4. The fourth-order valence-corrected chi connectivity index (χ4v) is 2.18. The Balaban J connectivity index is 2.25. The van der Waals surface area contributed by atoms with Gasteiger partial charge in [-0.05, 0) is 19.4 Å². The molecule has 0 saturated carbocycles. The monoisotopic (exact) mass is 276 g/mol. The van der Waals surface area contributed by atoms with Crippen LogP contribution in [0.4, 0.5) is 5.82 Å². The summed E-state index contributed by atoms with van der Waals surface area (Å²) in [4.78, 5) is 12.6. The zero-order valence-electron chi connectivity index (χ0n) is 11.5. The summed E-state index contributed by atoms with van der Waals surface area (Å²) < 4.78 is 5.41. The van der Waals surface area contributed by atoms with Gasteiger partial charge in [0, 0.05) is 13.1 Å². The lowest BCUT2D eigenvalue weighted by Crippen LogP contribution is -2.44. The van der Waals surface area contributed by atoms with Gasteiger partial charge in [0.1, 0.15) is 11.6 Å². The van der Waals surface area contributed by atoms with Crippen molar-refractivity contribution in [3.05, 3.63) is 16.8 Å². The standard InChI is InChI=1S/C13H16N4O3/c1-8-9(2)15-16-13(11(8)6-14)17-3-4-20-10(7-17)5-12(18)19/h10H,3-5,7H2,1-2H3,(H,18,19). The number of anilines is 1. The molecular formula is C13H16N4O3. The maximum absolute atomic E-state index is 10.8. The van der Waals surface area contributed by atoms with Crippen molar-refractivity contribution in [2.45, 2.75) is 26.4 Å². The highest BCUT2D eigenvalue weighted by molar-refractivity contribution is 5.67. The normalized spacial score (nSPS) is 18.6. The first-order chi connectivity index (χ1) is 9.52. The number of ether oxygens (including phenoxy) is 1. The molecule has 1 atom stereocenters. The molecule has 1 aliphatic heterocycles. The first kappa shape index (κ1) is 14.2. The van der Waals surface area contributed by atoms with Gasteiger partial charge in [-0.3, -0.25) is 4.79 Å². The van der Waals surface area contributed by atoms with E-state index in [0.717, 1.165) is 11.3 Å². The van der Waals surface area contributed by atoms with Crippen LogP contribution in [0.2, 0.25) is 0 Å². The summed E-state index contributed by atoms with van der Waals surface area (Å²) in [6.07, 6.45) is -0.451. The minimum atomic E-state index is -0.900. The molecule has 1 aromatic heterocycles. The number of aryl methyl sites for hydroxylation is 1. The Morgan fingerprint density at radius 1 is 1.55 bits per heavy atom. The Kier molecular flexibility index (Phi) is 4.15. The van der Waals surface area contributed by atoms with Crippen molar-refractivity contribution in [2.24, 2.45) is 0 Å². The number of hydrogen-bond donors (Lipinski definition) is 1. The average Bonchev–Trinajstić information content (AvgIpc) is 2.41. The molecule has 0 bridgehead atoms. The van der Waals surface area contributed by atoms with Crippen LogP contribution in [-0.4, -0.2) is 47.1 Å². The van der Waals surface area contributed by atoms with E-state index in [1.165, 1.54) is 0 Å². The smallest absolute Gasteiger partial charge is 0.306 e. The Hall–Kier alpha value is -2.20. The molecule has 2 rings (SSSR count). The van der Waals surface area contributed by atoms with Gasteiger partial charge < -0.3 is 14.7 Å². The molecule has 1 unspecified atom stereocenters. The highest BCUT2D eigenvalue weighted by Gasteiger charge is 2.26. The molecule has 2 heterocycles. The molecule has 0 aromatic carbocycles. The van der Waals surface area contributed by atoms with Crippen LogP contribution in [-0.2, 0) is 9.53 Å². The predicted molar refractivity (Wildman–Crippen MR) is 70.4 cm³/mol. The van der Waals surface area contributed by atoms with Crippen LogP contribution in [0.25, 0.3) is 0 Å². The van der Waals surface area contributed by atoms with Gasteiger partial charge >= 0.3 is 5.97 Å². The second-order valence-electron chi connectivity index (χ2n) is 4.76. The molecule has 0 spiro atoms. The van der Waals surface area contributed by atoms with Gasteiger partial charge in [0.2, 0.25) is 0 Å². The number of nitriles is 1. The Labute approximate surface area is 116 Å². The van der Waals surface area contributed by atoms with Crippen LogP contribution in [0.3, 0.4) is 0 Å². The van der Waals surface area contributed by atoms with Gasteiger partial charge in [-0.15, -0.1) is 5.10 Å². The van der Waals surface area contributed by atoms with E-state index in [4.69, 9.17) is 9.84 Å². The molecule has 0 amide bonds. The SMILES string of the molecule is Cc1nnc(N2CCOC(CC(=O)O)C2)c(C#N)c1C. The first-order valence-electron chi connectivity index (χ1n) is 6.35. The lowest BCUT2D eigenvalue weighted by Gasteiger charge is -2.33. The van der Waals surface area contributed by atoms with Crippen LogP contribution in [0, 0.1) is 25.2 Å². The van der Waals surface area contributed by atoms with Gasteiger partial charge in [0.25, 0.3) is 0 Å². The summed E-state index contributed by atoms with van der Waals surface area (Å²) in [5.41, 5.74) is 2.02. The fraction of sp³-hybridized carbons (Fsp3) is 0.538. The van der Waals surface area contributed by atoms with E-state index in [2.05, 4.69) is 16.3 Å². The molecule has 1 fully saturated rings. The summed E-state index contributed by atoms with van der Waals surface area (Å²) in [6, 6.07) is 2.16. The minimum Gasteiger partial charge on any atom is -0.481 e. The maximum Gasteiger partial charge on any atom is 0.306 e. The fourth-order valence-electron chi connectivity index (χ4n) is 2.18. The van der Waals surface area contributed by atoms with Gasteiger partial charge in [0.05, 0.1) is 24.8 Å². The molecule has 1 saturated heterocycles. The lowest BCUT2D eigenvalue weighted by molar-refractivity contribution is -0.140. The van der Waals surface area contributed by atoms with Gasteiger partial charge in [-0.1, -0.05) is 0 Å². The number of morpholine rings is 1. The van der Waals surface area contributed by atoms with E-state index < -0.39 is 12.1 Å². The van der Waals surface area contributed by atoms with E-state index in [-0.39, 0.29) is 6.42 Å². The summed E-state index contributed by atoms with van der Waals surface area (Å²) >= 11 is 0. The predicted octanol–water partition coefficient (Wildman–Crippen LogP) is 0.645. The summed E-state index contributed by atoms with van der Waals surface area (Å²) in [6.45, 7) is 5.03. The molecule has 0 radical (unpaired) electrons. The lowest BCUT2D eigenvalue weighted by atomic mass is 10.1. The largest absolute Gasteiger partial charge is 0.481 e. The van der Waals surface area contributed by atoms with Gasteiger partial charge in [-0.25, -0.2) is 0 Å². The average molecular weight is 276 g/mol. The van der Waals surface area contributed by atoms with Crippen molar-refractivity contribution in [1.29, 1.82) is 5.26 Å². The zero-order valence-corrected chi connectivity index (χ0v) is 11.5. The number of aromatic nitrogens is 2. The van der Waals surface area contributed by atoms with E-state index >= 15 is 0 Å². The molecule has 106 valence electrons. The van der Waals surface area contributed by atoms with Gasteiger partial charge in [-0.2, -0.15) is 10.4 Å². The van der Waals surface area contributed by atoms with Crippen molar-refractivity contribution >= 4 is 11.8 Å². The van der Waals surface area contributed by atoms with Gasteiger partial charge in [0.15, 0.2) is 5.82 Å². The molecule has 20 heavy (non-hydrogen) atoms. The number of rotatable bonds is 3. The number of carboxylic acids is 1. The topological polar surface area (TPSA) is 99.3 Å². The van der Waals surface area contributed by atoms with Crippen molar-refractivity contribution in [3.63, 3.8) is 0 Å². The summed E-state index contributed by atoms with van der Waals surface area (Å²) in [7, 11) is 0. The number of carbonyl (C=O) groups is 1. The third kappa shape index (κ3) is 2.86. The molecule has 1 aromatic rings. The van der Waals surface area contributed by atoms with Crippen LogP contribution in [0.15, 0.2) is 0 Å². The third-order valence-electron chi connectivity index (χ3n) is 3.39. The first-order valence-corrected chi connectivity index (χ1v) is 6.35. The quantitative estimate of drug-likeness (QED) is 0.864. The third-order valence-corrected chi connectivity index (χ3v) is 3.39. The summed E-state index contributed by atoms with van der Waals surface area (Å²) in [5, 5.41) is 26.3. The number of aliphatic carboxylic acids is 1. The van der Waals surface area contributed by atoms with Crippen LogP contribution in [0.5, 0.6) is 0 Å². The molecule has 7 heteroatoms. The van der Waals surface area contributed by atoms with Crippen LogP contribution < -0.4 is 4.90 Å². The Morgan fingerprint density at radius 2 is 2.30 bits per heavy atom. The molecule has 1 aliphatic rings. The molecule has 0 aliphatic carbocycles. The Morgan fingerprint density at radius 3 is 2.95 bits per heavy atom. The zero-order chi connectivity index (χ0) is 14.7. The van der Waals surface area contributed by atoms with Crippen molar-refractivity contribution < 1.29 is 14.6 Å². The van der Waals surface area contributed by atoms with E-state index in [9.17, 15) is 10.1 Å². The highest BCUT2D eigenvalue weighted by Crippen LogP contribution is 2.23. The van der Waals surface area contributed by atoms with Crippen molar-refractivity contribution in [3.8, 4) is 6.07 Å². The maximum atomic E-state index is 10.8. The second-order valence-corrected chi connectivity index (χ2v) is 4.76.